The quantitative estimate of drug-likeness (QED) is 0.677. The average Bonchev–Trinajstić information content (AvgIpc) is 2.15. The summed E-state index contributed by atoms with van der Waals surface area (Å²) in [6.45, 7) is 7.23. The van der Waals surface area contributed by atoms with E-state index in [1.165, 1.54) is 24.9 Å². The lowest BCUT2D eigenvalue weighted by atomic mass is 10.2. The predicted octanol–water partition coefficient (Wildman–Crippen LogP) is 3.47. The van der Waals surface area contributed by atoms with Crippen molar-refractivity contribution in [3.05, 3.63) is 36.8 Å². The summed E-state index contributed by atoms with van der Waals surface area (Å²) in [5.41, 5.74) is 2.25. The van der Waals surface area contributed by atoms with Crippen molar-refractivity contribution < 1.29 is 0 Å². The molecule has 1 N–H and O–H groups in total. The summed E-state index contributed by atoms with van der Waals surface area (Å²) in [4.78, 5) is 0. The largest absolute Gasteiger partial charge is 0.385 e. The summed E-state index contributed by atoms with van der Waals surface area (Å²) in [5.74, 6) is 0. The molecular formula is C12H18N. The normalized spacial score (nSPS) is 10.0. The van der Waals surface area contributed by atoms with E-state index in [1.807, 2.05) is 18.2 Å². The van der Waals surface area contributed by atoms with Crippen LogP contribution in [-0.2, 0) is 0 Å². The maximum absolute atomic E-state index is 3.96. The molecule has 1 aromatic carbocycles. The molecule has 13 heavy (non-hydrogen) atoms. The van der Waals surface area contributed by atoms with E-state index < -0.39 is 0 Å². The SMILES string of the molecule is [CH2]c1ccccc1NCCCCC. The summed E-state index contributed by atoms with van der Waals surface area (Å²) in [6, 6.07) is 8.16. The van der Waals surface area contributed by atoms with Gasteiger partial charge in [-0.2, -0.15) is 0 Å². The third kappa shape index (κ3) is 3.49. The van der Waals surface area contributed by atoms with Crippen molar-refractivity contribution in [2.45, 2.75) is 26.2 Å². The van der Waals surface area contributed by atoms with Crippen LogP contribution in [0.2, 0.25) is 0 Å². The molecule has 71 valence electrons. The molecule has 1 radical (unpaired) electrons. The topological polar surface area (TPSA) is 12.0 Å². The van der Waals surface area contributed by atoms with E-state index in [4.69, 9.17) is 0 Å². The van der Waals surface area contributed by atoms with Crippen LogP contribution in [0.5, 0.6) is 0 Å². The van der Waals surface area contributed by atoms with E-state index in [0.29, 0.717) is 0 Å². The third-order valence-electron chi connectivity index (χ3n) is 2.11. The van der Waals surface area contributed by atoms with Gasteiger partial charge in [-0.1, -0.05) is 38.0 Å². The van der Waals surface area contributed by atoms with Gasteiger partial charge < -0.3 is 5.32 Å². The van der Waals surface area contributed by atoms with Gasteiger partial charge in [-0.25, -0.2) is 0 Å². The summed E-state index contributed by atoms with van der Waals surface area (Å²) < 4.78 is 0. The molecule has 0 aliphatic heterocycles. The molecule has 0 aliphatic rings. The van der Waals surface area contributed by atoms with Crippen LogP contribution in [0, 0.1) is 6.92 Å². The van der Waals surface area contributed by atoms with Gasteiger partial charge in [-0.05, 0) is 25.0 Å². The predicted molar refractivity (Wildman–Crippen MR) is 58.9 cm³/mol. The molecule has 0 fully saturated rings. The Bertz CT molecular complexity index is 243. The first-order valence-electron chi connectivity index (χ1n) is 4.99. The molecule has 1 rings (SSSR count). The van der Waals surface area contributed by atoms with Gasteiger partial charge in [-0.15, -0.1) is 0 Å². The van der Waals surface area contributed by atoms with Gasteiger partial charge in [0.2, 0.25) is 0 Å². The molecule has 0 aromatic heterocycles. The lowest BCUT2D eigenvalue weighted by Gasteiger charge is -2.08. The first kappa shape index (κ1) is 10.1. The van der Waals surface area contributed by atoms with Crippen molar-refractivity contribution >= 4 is 5.69 Å². The number of rotatable bonds is 5. The Hall–Kier alpha value is -0.980. The highest BCUT2D eigenvalue weighted by molar-refractivity contribution is 5.52. The number of nitrogens with one attached hydrogen (secondary N) is 1. The van der Waals surface area contributed by atoms with Gasteiger partial charge in [0.1, 0.15) is 0 Å². The molecular weight excluding hydrogens is 158 g/mol. The lowest BCUT2D eigenvalue weighted by molar-refractivity contribution is 0.743. The fourth-order valence-corrected chi connectivity index (χ4v) is 1.29. The van der Waals surface area contributed by atoms with Crippen LogP contribution in [0.25, 0.3) is 0 Å². The zero-order valence-electron chi connectivity index (χ0n) is 8.34. The Morgan fingerprint density at radius 1 is 1.23 bits per heavy atom. The molecule has 0 aliphatic carbocycles. The number of hydrogen-bond donors (Lipinski definition) is 1. The van der Waals surface area contributed by atoms with Crippen molar-refractivity contribution in [1.82, 2.24) is 0 Å². The Kier molecular flexibility index (Phi) is 4.37. The fraction of sp³-hybridized carbons (Fsp3) is 0.417. The van der Waals surface area contributed by atoms with Crippen molar-refractivity contribution in [2.75, 3.05) is 11.9 Å². The average molecular weight is 176 g/mol. The number of anilines is 1. The molecule has 1 heteroatoms. The number of para-hydroxylation sites is 1. The monoisotopic (exact) mass is 176 g/mol. The first-order chi connectivity index (χ1) is 6.34. The van der Waals surface area contributed by atoms with E-state index in [-0.39, 0.29) is 0 Å². The van der Waals surface area contributed by atoms with Crippen LogP contribution in [0.4, 0.5) is 5.69 Å². The van der Waals surface area contributed by atoms with Gasteiger partial charge in [0.25, 0.3) is 0 Å². The molecule has 0 atom stereocenters. The van der Waals surface area contributed by atoms with Gasteiger partial charge in [0.15, 0.2) is 0 Å². The summed E-state index contributed by atoms with van der Waals surface area (Å²) in [5, 5.41) is 3.39. The number of benzene rings is 1. The molecule has 0 amide bonds. The zero-order valence-corrected chi connectivity index (χ0v) is 8.34. The molecule has 0 unspecified atom stereocenters. The van der Waals surface area contributed by atoms with E-state index in [2.05, 4.69) is 25.2 Å². The summed E-state index contributed by atoms with van der Waals surface area (Å²) in [7, 11) is 0. The van der Waals surface area contributed by atoms with E-state index in [1.54, 1.807) is 0 Å². The third-order valence-corrected chi connectivity index (χ3v) is 2.11. The van der Waals surface area contributed by atoms with Crippen molar-refractivity contribution in [2.24, 2.45) is 0 Å². The highest BCUT2D eigenvalue weighted by Gasteiger charge is 1.93. The second-order valence-electron chi connectivity index (χ2n) is 3.29. The van der Waals surface area contributed by atoms with Gasteiger partial charge in [0.05, 0.1) is 0 Å². The van der Waals surface area contributed by atoms with Crippen molar-refractivity contribution in [3.8, 4) is 0 Å². The molecule has 0 saturated carbocycles. The Morgan fingerprint density at radius 2 is 2.00 bits per heavy atom. The van der Waals surface area contributed by atoms with Crippen molar-refractivity contribution in [1.29, 1.82) is 0 Å². The Labute approximate surface area is 81.2 Å². The van der Waals surface area contributed by atoms with Crippen LogP contribution in [-0.4, -0.2) is 6.54 Å². The first-order valence-corrected chi connectivity index (χ1v) is 4.99. The minimum absolute atomic E-state index is 1.06. The Balaban J connectivity index is 2.32. The Morgan fingerprint density at radius 3 is 2.69 bits per heavy atom. The van der Waals surface area contributed by atoms with Crippen LogP contribution < -0.4 is 5.32 Å². The second kappa shape index (κ2) is 5.63. The van der Waals surface area contributed by atoms with Gasteiger partial charge in [-0.3, -0.25) is 0 Å². The molecule has 0 heterocycles. The van der Waals surface area contributed by atoms with Gasteiger partial charge in [0, 0.05) is 12.2 Å². The molecule has 0 bridgehead atoms. The molecule has 1 nitrogen and oxygen atoms in total. The summed E-state index contributed by atoms with van der Waals surface area (Å²) in [6.07, 6.45) is 3.81. The molecule has 0 spiro atoms. The minimum atomic E-state index is 1.06. The van der Waals surface area contributed by atoms with Crippen LogP contribution in [0.15, 0.2) is 24.3 Å². The van der Waals surface area contributed by atoms with Crippen LogP contribution in [0.1, 0.15) is 31.7 Å². The molecule has 1 aromatic rings. The van der Waals surface area contributed by atoms with Crippen LogP contribution >= 0.6 is 0 Å². The fourth-order valence-electron chi connectivity index (χ4n) is 1.29. The minimum Gasteiger partial charge on any atom is -0.385 e. The zero-order chi connectivity index (χ0) is 9.52. The highest BCUT2D eigenvalue weighted by Crippen LogP contribution is 2.12. The lowest BCUT2D eigenvalue weighted by Crippen LogP contribution is -2.02. The van der Waals surface area contributed by atoms with Gasteiger partial charge >= 0.3 is 0 Å². The summed E-state index contributed by atoms with van der Waals surface area (Å²) >= 11 is 0. The van der Waals surface area contributed by atoms with Crippen molar-refractivity contribution in [3.63, 3.8) is 0 Å². The molecule has 0 saturated heterocycles. The van der Waals surface area contributed by atoms with Crippen LogP contribution in [0.3, 0.4) is 0 Å². The maximum atomic E-state index is 3.96. The second-order valence-corrected chi connectivity index (χ2v) is 3.29. The standard InChI is InChI=1S/C12H18N/c1-3-4-7-10-13-12-9-6-5-8-11(12)2/h5-6,8-9,13H,2-4,7,10H2,1H3. The highest BCUT2D eigenvalue weighted by atomic mass is 14.9. The smallest absolute Gasteiger partial charge is 0.0372 e. The number of unbranched alkanes of at least 4 members (excludes halogenated alkanes) is 2. The van der Waals surface area contributed by atoms with E-state index in [9.17, 15) is 0 Å². The van der Waals surface area contributed by atoms with E-state index >= 15 is 0 Å². The van der Waals surface area contributed by atoms with E-state index in [0.717, 1.165) is 12.1 Å². The maximum Gasteiger partial charge on any atom is 0.0372 e. The number of hydrogen-bond acceptors (Lipinski definition) is 1.